The molecule has 6 amide bonds. The number of hydrogen-bond donors (Lipinski definition) is 4. The summed E-state index contributed by atoms with van der Waals surface area (Å²) in [5.41, 5.74) is 1.17. The molecule has 2 aromatic carbocycles. The van der Waals surface area contributed by atoms with Crippen molar-refractivity contribution in [2.24, 2.45) is 5.92 Å². The fraction of sp³-hybridized carbons (Fsp3) is 0.600. The summed E-state index contributed by atoms with van der Waals surface area (Å²) in [6.45, 7) is 6.10. The van der Waals surface area contributed by atoms with Crippen LogP contribution in [-0.2, 0) is 40.1 Å². The third kappa shape index (κ3) is 14.2. The van der Waals surface area contributed by atoms with Gasteiger partial charge in [-0.3, -0.25) is 28.8 Å². The number of carbonyl (C=O) groups is 6. The minimum absolute atomic E-state index is 0.0184. The van der Waals surface area contributed by atoms with Crippen LogP contribution in [0.5, 0.6) is 11.5 Å². The zero-order chi connectivity index (χ0) is 43.9. The number of ether oxygens (including phenoxy) is 4. The Morgan fingerprint density at radius 1 is 0.836 bits per heavy atom. The molecule has 2 saturated heterocycles. The molecular weight excluding hydrogens is 785 g/mol. The Kier molecular flexibility index (Phi) is 17.8. The molecule has 1 saturated carbocycles. The monoisotopic (exact) mass is 848 g/mol. The van der Waals surface area contributed by atoms with Crippen LogP contribution in [0.25, 0.3) is 0 Å². The molecule has 2 aromatic rings. The number of benzene rings is 2. The molecule has 16 nitrogen and oxygen atoms in total. The van der Waals surface area contributed by atoms with Crippen LogP contribution in [0.1, 0.15) is 94.5 Å². The van der Waals surface area contributed by atoms with E-state index in [4.69, 9.17) is 18.9 Å². The maximum Gasteiger partial charge on any atom is 0.252 e. The van der Waals surface area contributed by atoms with Gasteiger partial charge < -0.3 is 50.0 Å². The first kappa shape index (κ1) is 46.8. The van der Waals surface area contributed by atoms with Gasteiger partial charge in [-0.2, -0.15) is 0 Å². The molecule has 4 N–H and O–H groups in total. The highest BCUT2D eigenvalue weighted by Gasteiger charge is 2.39. The van der Waals surface area contributed by atoms with Gasteiger partial charge in [-0.1, -0.05) is 44.2 Å². The van der Waals surface area contributed by atoms with Crippen LogP contribution in [0.4, 0.5) is 0 Å². The SMILES string of the molecule is CC(C)C[C@@H]1NC(=O)[C@@H](NC(=O)c2cc(OCc3ccccc3)cc(OC3CCCC3)c2)COCCCCOC[C@@H](C(=O)N(C)C)NC(=O)[C@@H]2CCCN2C(=O)[C@H](C)NC1=O. The van der Waals surface area contributed by atoms with E-state index >= 15 is 0 Å². The highest BCUT2D eigenvalue weighted by molar-refractivity contribution is 5.99. The van der Waals surface area contributed by atoms with Gasteiger partial charge in [-0.15, -0.1) is 0 Å². The van der Waals surface area contributed by atoms with E-state index in [9.17, 15) is 28.8 Å². The molecule has 5 atom stereocenters. The van der Waals surface area contributed by atoms with Gasteiger partial charge in [0.2, 0.25) is 29.5 Å². The third-order valence-corrected chi connectivity index (χ3v) is 11.0. The molecule has 0 spiro atoms. The molecule has 5 rings (SSSR count). The summed E-state index contributed by atoms with van der Waals surface area (Å²) in [7, 11) is 3.18. The van der Waals surface area contributed by atoms with Gasteiger partial charge in [0.15, 0.2) is 0 Å². The number of nitrogens with one attached hydrogen (secondary N) is 4. The molecule has 0 aromatic heterocycles. The summed E-state index contributed by atoms with van der Waals surface area (Å²) in [5, 5.41) is 11.2. The predicted molar refractivity (Wildman–Crippen MR) is 227 cm³/mol. The molecule has 3 fully saturated rings. The number of nitrogens with zero attached hydrogens (tertiary/aromatic N) is 2. The van der Waals surface area contributed by atoms with E-state index in [1.807, 2.05) is 44.2 Å². The molecule has 2 heterocycles. The van der Waals surface area contributed by atoms with Crippen LogP contribution in [0.3, 0.4) is 0 Å². The summed E-state index contributed by atoms with van der Waals surface area (Å²) in [4.78, 5) is 85.2. The van der Waals surface area contributed by atoms with Crippen molar-refractivity contribution in [1.82, 2.24) is 31.1 Å². The van der Waals surface area contributed by atoms with Crippen molar-refractivity contribution in [3.05, 3.63) is 59.7 Å². The molecule has 334 valence electrons. The van der Waals surface area contributed by atoms with E-state index in [0.29, 0.717) is 43.7 Å². The topological polar surface area (TPSA) is 194 Å². The summed E-state index contributed by atoms with van der Waals surface area (Å²) in [6, 6.07) is 9.51. The van der Waals surface area contributed by atoms with E-state index in [0.717, 1.165) is 31.2 Å². The maximum atomic E-state index is 14.1. The van der Waals surface area contributed by atoms with Gasteiger partial charge in [-0.05, 0) is 88.3 Å². The van der Waals surface area contributed by atoms with Crippen LogP contribution >= 0.6 is 0 Å². The second-order valence-electron chi connectivity index (χ2n) is 16.8. The van der Waals surface area contributed by atoms with Crippen molar-refractivity contribution >= 4 is 35.4 Å². The Balaban J connectivity index is 1.37. The zero-order valence-electron chi connectivity index (χ0n) is 36.2. The highest BCUT2D eigenvalue weighted by Crippen LogP contribution is 2.29. The van der Waals surface area contributed by atoms with Crippen LogP contribution in [0.15, 0.2) is 48.5 Å². The lowest BCUT2D eigenvalue weighted by molar-refractivity contribution is -0.143. The fourth-order valence-electron chi connectivity index (χ4n) is 7.69. The van der Waals surface area contributed by atoms with Gasteiger partial charge in [0.05, 0.1) is 19.3 Å². The number of likely N-dealkylation sites (N-methyl/N-ethyl adjacent to an activating group) is 1. The lowest BCUT2D eigenvalue weighted by atomic mass is 10.0. The number of carbonyl (C=O) groups excluding carboxylic acids is 6. The second kappa shape index (κ2) is 23.1. The Morgan fingerprint density at radius 3 is 2.21 bits per heavy atom. The molecule has 0 radical (unpaired) electrons. The molecule has 0 bridgehead atoms. The van der Waals surface area contributed by atoms with Crippen LogP contribution in [-0.4, -0.2) is 129 Å². The van der Waals surface area contributed by atoms with E-state index in [1.165, 1.54) is 16.7 Å². The molecule has 16 heteroatoms. The first-order chi connectivity index (χ1) is 29.3. The van der Waals surface area contributed by atoms with Gasteiger partial charge >= 0.3 is 0 Å². The molecule has 2 aliphatic heterocycles. The first-order valence-electron chi connectivity index (χ1n) is 21.7. The van der Waals surface area contributed by atoms with E-state index < -0.39 is 59.7 Å². The Morgan fingerprint density at radius 2 is 1.52 bits per heavy atom. The predicted octanol–water partition coefficient (Wildman–Crippen LogP) is 3.11. The van der Waals surface area contributed by atoms with Crippen molar-refractivity contribution in [1.29, 1.82) is 0 Å². The molecule has 0 unspecified atom stereocenters. The summed E-state index contributed by atoms with van der Waals surface area (Å²) < 4.78 is 24.2. The van der Waals surface area contributed by atoms with Gasteiger partial charge in [0, 0.05) is 45.5 Å². The molecule has 1 aliphatic carbocycles. The lowest BCUT2D eigenvalue weighted by Crippen LogP contribution is -2.59. The van der Waals surface area contributed by atoms with E-state index in [1.54, 1.807) is 32.3 Å². The average Bonchev–Trinajstić information content (AvgIpc) is 3.95. The standard InChI is InChI=1S/C45H64N6O10/c1-29(2)22-36-41(53)46-30(3)44(56)51-19-13-18-39(51)43(55)49-38(45(57)50(4)5)28-59-21-12-11-20-58-27-37(42(54)47-36)48-40(52)32-23-34(60-26-31-14-7-6-8-15-31)25-35(24-32)61-33-16-9-10-17-33/h6-8,14-15,23-25,29-30,33,36-39H,9-13,16-22,26-28H2,1-5H3,(H,46,53)(H,47,54)(H,48,52)(H,49,55)/t30-,36-,37-,38-,39-/m0/s1. The van der Waals surface area contributed by atoms with Crippen molar-refractivity contribution < 1.29 is 47.7 Å². The maximum absolute atomic E-state index is 14.1. The zero-order valence-corrected chi connectivity index (χ0v) is 36.2. The van der Waals surface area contributed by atoms with Crippen LogP contribution in [0.2, 0.25) is 0 Å². The van der Waals surface area contributed by atoms with Gasteiger partial charge in [-0.25, -0.2) is 0 Å². The van der Waals surface area contributed by atoms with Gasteiger partial charge in [0.25, 0.3) is 5.91 Å². The number of hydrogen-bond acceptors (Lipinski definition) is 10. The largest absolute Gasteiger partial charge is 0.490 e. The van der Waals surface area contributed by atoms with Crippen molar-refractivity contribution in [3.63, 3.8) is 0 Å². The average molecular weight is 849 g/mol. The van der Waals surface area contributed by atoms with Crippen LogP contribution in [0, 0.1) is 5.92 Å². The van der Waals surface area contributed by atoms with Crippen molar-refractivity contribution in [3.8, 4) is 11.5 Å². The Bertz CT molecular complexity index is 1800. The van der Waals surface area contributed by atoms with E-state index in [2.05, 4.69) is 21.3 Å². The summed E-state index contributed by atoms with van der Waals surface area (Å²) >= 11 is 0. The normalized spacial score (nSPS) is 24.2. The van der Waals surface area contributed by atoms with E-state index in [-0.39, 0.29) is 62.9 Å². The fourth-order valence-corrected chi connectivity index (χ4v) is 7.69. The Hall–Kier alpha value is -5.22. The van der Waals surface area contributed by atoms with Crippen molar-refractivity contribution in [2.75, 3.05) is 47.1 Å². The van der Waals surface area contributed by atoms with Crippen LogP contribution < -0.4 is 30.7 Å². The minimum atomic E-state index is -1.22. The van der Waals surface area contributed by atoms with Crippen molar-refractivity contribution in [2.45, 2.75) is 121 Å². The third-order valence-electron chi connectivity index (χ3n) is 11.0. The molecular formula is C45H64N6O10. The first-order valence-corrected chi connectivity index (χ1v) is 21.7. The molecule has 3 aliphatic rings. The summed E-state index contributed by atoms with van der Waals surface area (Å²) in [6.07, 6.45) is 6.22. The highest BCUT2D eigenvalue weighted by atomic mass is 16.5. The molecule has 61 heavy (non-hydrogen) atoms. The smallest absolute Gasteiger partial charge is 0.252 e. The lowest BCUT2D eigenvalue weighted by Gasteiger charge is -2.30. The number of rotatable bonds is 10. The quantitative estimate of drug-likeness (QED) is 0.276. The summed E-state index contributed by atoms with van der Waals surface area (Å²) in [5.74, 6) is -2.24. The number of amides is 6. The number of fused-ring (bicyclic) bond motifs is 1. The van der Waals surface area contributed by atoms with Gasteiger partial charge in [0.1, 0.15) is 48.3 Å². The second-order valence-corrected chi connectivity index (χ2v) is 16.8. The minimum Gasteiger partial charge on any atom is -0.490 e. The Labute approximate surface area is 359 Å².